The van der Waals surface area contributed by atoms with E-state index in [9.17, 15) is 0 Å². The molecule has 4 heterocycles. The summed E-state index contributed by atoms with van der Waals surface area (Å²) in [6.45, 7) is 11.5. The van der Waals surface area contributed by atoms with Crippen LogP contribution in [0.25, 0.3) is 5.65 Å². The van der Waals surface area contributed by atoms with Crippen LogP contribution in [0.1, 0.15) is 32.9 Å². The van der Waals surface area contributed by atoms with Crippen molar-refractivity contribution >= 4 is 11.3 Å². The molecule has 6 nitrogen and oxygen atoms in total. The van der Waals surface area contributed by atoms with E-state index in [2.05, 4.69) is 59.0 Å². The maximum absolute atomic E-state index is 4.58. The lowest BCUT2D eigenvalue weighted by Gasteiger charge is -2.56. The molecule has 2 fully saturated rings. The first kappa shape index (κ1) is 14.9. The molecule has 2 saturated heterocycles. The van der Waals surface area contributed by atoms with E-state index in [4.69, 9.17) is 0 Å². The van der Waals surface area contributed by atoms with Crippen molar-refractivity contribution in [2.24, 2.45) is 10.8 Å². The minimum Gasteiger partial charge on any atom is -0.367 e. The van der Waals surface area contributed by atoms with Gasteiger partial charge in [0.1, 0.15) is 6.33 Å². The molecule has 2 aromatic heterocycles. The molecule has 2 atom stereocenters. The molecule has 0 spiro atoms. The third kappa shape index (κ3) is 2.49. The van der Waals surface area contributed by atoms with E-state index >= 15 is 0 Å². The second kappa shape index (κ2) is 4.90. The zero-order valence-electron chi connectivity index (χ0n) is 14.6. The van der Waals surface area contributed by atoms with Crippen LogP contribution in [0.3, 0.4) is 0 Å². The van der Waals surface area contributed by atoms with Gasteiger partial charge in [-0.15, -0.1) is 10.2 Å². The number of fused-ring (bicyclic) bond motifs is 3. The lowest BCUT2D eigenvalue weighted by atomic mass is 9.65. The normalized spacial score (nSPS) is 31.7. The summed E-state index contributed by atoms with van der Waals surface area (Å²) in [5.41, 5.74) is 3.81. The molecular weight excluding hydrogens is 288 g/mol. The molecule has 6 heteroatoms. The molecule has 124 valence electrons. The Hall–Kier alpha value is -1.69. The fourth-order valence-electron chi connectivity index (χ4n) is 5.13. The Labute approximate surface area is 137 Å². The van der Waals surface area contributed by atoms with E-state index in [-0.39, 0.29) is 0 Å². The van der Waals surface area contributed by atoms with Crippen molar-refractivity contribution in [3.05, 3.63) is 18.1 Å². The van der Waals surface area contributed by atoms with Gasteiger partial charge in [0.2, 0.25) is 5.65 Å². The number of nitrogens with zero attached hydrogens (tertiary/aromatic N) is 6. The van der Waals surface area contributed by atoms with Crippen molar-refractivity contribution < 1.29 is 0 Å². The van der Waals surface area contributed by atoms with Gasteiger partial charge in [-0.25, -0.2) is 0 Å². The summed E-state index contributed by atoms with van der Waals surface area (Å²) in [7, 11) is 2.25. The van der Waals surface area contributed by atoms with E-state index in [0.29, 0.717) is 10.8 Å². The molecular formula is C17H26N6. The molecule has 2 aliphatic heterocycles. The Morgan fingerprint density at radius 2 is 1.83 bits per heavy atom. The highest BCUT2D eigenvalue weighted by molar-refractivity contribution is 5.68. The smallest absolute Gasteiger partial charge is 0.200 e. The molecule has 0 aliphatic carbocycles. The van der Waals surface area contributed by atoms with Crippen LogP contribution in [0.15, 0.2) is 12.4 Å². The van der Waals surface area contributed by atoms with Gasteiger partial charge < -0.3 is 9.80 Å². The molecule has 0 radical (unpaired) electrons. The van der Waals surface area contributed by atoms with Crippen LogP contribution >= 0.6 is 0 Å². The van der Waals surface area contributed by atoms with Gasteiger partial charge in [0.05, 0.1) is 11.4 Å². The first-order valence-corrected chi connectivity index (χ1v) is 8.53. The molecule has 0 amide bonds. The lowest BCUT2D eigenvalue weighted by molar-refractivity contribution is 0.00539. The summed E-state index contributed by atoms with van der Waals surface area (Å²) in [5.74, 6) is 0. The van der Waals surface area contributed by atoms with Gasteiger partial charge >= 0.3 is 0 Å². The number of piperidine rings is 2. The number of rotatable bonds is 2. The van der Waals surface area contributed by atoms with Crippen LogP contribution in [0.2, 0.25) is 0 Å². The predicted molar refractivity (Wildman–Crippen MR) is 90.7 cm³/mol. The molecule has 4 rings (SSSR count). The zero-order valence-corrected chi connectivity index (χ0v) is 14.6. The third-order valence-electron chi connectivity index (χ3n) is 5.30. The second-order valence-corrected chi connectivity index (χ2v) is 8.30. The number of hydrogen-bond acceptors (Lipinski definition) is 5. The Morgan fingerprint density at radius 1 is 1.13 bits per heavy atom. The number of aromatic nitrogens is 4. The third-order valence-corrected chi connectivity index (χ3v) is 5.30. The summed E-state index contributed by atoms with van der Waals surface area (Å²) < 4.78 is 1.83. The molecule has 2 unspecified atom stereocenters. The quantitative estimate of drug-likeness (QED) is 0.847. The largest absolute Gasteiger partial charge is 0.367 e. The van der Waals surface area contributed by atoms with E-state index in [1.807, 2.05) is 4.52 Å². The summed E-state index contributed by atoms with van der Waals surface area (Å²) in [4.78, 5) is 5.03. The van der Waals surface area contributed by atoms with Crippen LogP contribution < -0.4 is 4.90 Å². The Bertz CT molecular complexity index is 720. The number of hydrogen-bond donors (Lipinski definition) is 0. The van der Waals surface area contributed by atoms with Crippen molar-refractivity contribution in [3.63, 3.8) is 0 Å². The second-order valence-electron chi connectivity index (χ2n) is 8.30. The summed E-state index contributed by atoms with van der Waals surface area (Å²) in [6, 6.07) is 2.21. The predicted octanol–water partition coefficient (Wildman–Crippen LogP) is 1.85. The van der Waals surface area contributed by atoms with Crippen LogP contribution in [0.5, 0.6) is 0 Å². The van der Waals surface area contributed by atoms with Gasteiger partial charge in [0.25, 0.3) is 0 Å². The van der Waals surface area contributed by atoms with Crippen molar-refractivity contribution in [2.75, 3.05) is 38.1 Å². The molecule has 2 bridgehead atoms. The number of likely N-dealkylation sites (tertiary alicyclic amines) is 1. The SMILES string of the molecule is CCc1cc(N2CC3(C)CN(C)CC(C)(C2)C3)c2nncn2n1. The maximum Gasteiger partial charge on any atom is 0.200 e. The van der Waals surface area contributed by atoms with E-state index < -0.39 is 0 Å². The van der Waals surface area contributed by atoms with Gasteiger partial charge in [0, 0.05) is 26.2 Å². The van der Waals surface area contributed by atoms with Crippen LogP contribution in [-0.4, -0.2) is 57.9 Å². The van der Waals surface area contributed by atoms with Gasteiger partial charge in [-0.3, -0.25) is 0 Å². The molecule has 0 N–H and O–H groups in total. The van der Waals surface area contributed by atoms with Crippen LogP contribution in [0, 0.1) is 10.8 Å². The van der Waals surface area contributed by atoms with Crippen LogP contribution in [0.4, 0.5) is 5.69 Å². The zero-order chi connectivity index (χ0) is 16.2. The average Bonchev–Trinajstić information content (AvgIpc) is 2.90. The van der Waals surface area contributed by atoms with Crippen LogP contribution in [-0.2, 0) is 6.42 Å². The van der Waals surface area contributed by atoms with Crippen molar-refractivity contribution in [3.8, 4) is 0 Å². The monoisotopic (exact) mass is 314 g/mol. The molecule has 2 aliphatic rings. The number of anilines is 1. The molecule has 0 aromatic carbocycles. The van der Waals surface area contributed by atoms with E-state index in [1.54, 1.807) is 6.33 Å². The Balaban J connectivity index is 1.78. The minimum absolute atomic E-state index is 0.326. The summed E-state index contributed by atoms with van der Waals surface area (Å²) in [6.07, 6.45) is 3.93. The Kier molecular flexibility index (Phi) is 3.17. The van der Waals surface area contributed by atoms with Crippen molar-refractivity contribution in [1.82, 2.24) is 24.7 Å². The van der Waals surface area contributed by atoms with Crippen molar-refractivity contribution in [1.29, 1.82) is 0 Å². The number of aryl methyl sites for hydroxylation is 1. The maximum atomic E-state index is 4.58. The van der Waals surface area contributed by atoms with E-state index in [0.717, 1.165) is 43.9 Å². The first-order valence-electron chi connectivity index (χ1n) is 8.53. The van der Waals surface area contributed by atoms with Gasteiger partial charge in [-0.1, -0.05) is 20.8 Å². The van der Waals surface area contributed by atoms with E-state index in [1.165, 1.54) is 12.1 Å². The lowest BCUT2D eigenvalue weighted by Crippen LogP contribution is -2.61. The summed E-state index contributed by atoms with van der Waals surface area (Å²) >= 11 is 0. The molecule has 0 saturated carbocycles. The molecule has 2 aromatic rings. The minimum atomic E-state index is 0.326. The fraction of sp³-hybridized carbons (Fsp3) is 0.706. The highest BCUT2D eigenvalue weighted by Gasteiger charge is 2.47. The topological polar surface area (TPSA) is 49.6 Å². The fourth-order valence-corrected chi connectivity index (χ4v) is 5.13. The average molecular weight is 314 g/mol. The standard InChI is InChI=1S/C17H26N6/c1-5-13-6-14(15-19-18-12-23(15)20-13)22-10-16(2)7-17(3,11-22)9-21(4)8-16/h6,12H,5,7-11H2,1-4H3. The molecule has 23 heavy (non-hydrogen) atoms. The van der Waals surface area contributed by atoms with Crippen molar-refractivity contribution in [2.45, 2.75) is 33.6 Å². The van der Waals surface area contributed by atoms with Gasteiger partial charge in [-0.2, -0.15) is 9.61 Å². The highest BCUT2D eigenvalue weighted by atomic mass is 15.4. The van der Waals surface area contributed by atoms with Gasteiger partial charge in [0.15, 0.2) is 0 Å². The van der Waals surface area contributed by atoms with Gasteiger partial charge in [-0.05, 0) is 36.8 Å². The Morgan fingerprint density at radius 3 is 2.48 bits per heavy atom. The highest BCUT2D eigenvalue weighted by Crippen LogP contribution is 2.46. The first-order chi connectivity index (χ1) is 10.9. The summed E-state index contributed by atoms with van der Waals surface area (Å²) in [5, 5.41) is 13.0.